The van der Waals surface area contributed by atoms with Crippen LogP contribution in [0.2, 0.25) is 0 Å². The molecule has 0 aliphatic carbocycles. The highest BCUT2D eigenvalue weighted by atomic mass is 32.1. The molecule has 0 spiro atoms. The molecule has 0 saturated heterocycles. The van der Waals surface area contributed by atoms with Crippen molar-refractivity contribution in [3.05, 3.63) is 26.6 Å². The van der Waals surface area contributed by atoms with Crippen LogP contribution in [-0.4, -0.2) is 33.6 Å². The van der Waals surface area contributed by atoms with Crippen LogP contribution in [0.25, 0.3) is 10.2 Å². The second-order valence-electron chi connectivity index (χ2n) is 5.81. The summed E-state index contributed by atoms with van der Waals surface area (Å²) in [5, 5.41) is 12.3. The van der Waals surface area contributed by atoms with Crippen molar-refractivity contribution in [1.29, 1.82) is 0 Å². The Morgan fingerprint density at radius 1 is 1.43 bits per heavy atom. The Labute approximate surface area is 139 Å². The van der Waals surface area contributed by atoms with Crippen LogP contribution in [0.3, 0.4) is 0 Å². The van der Waals surface area contributed by atoms with Gasteiger partial charge in [0.2, 0.25) is 5.91 Å². The van der Waals surface area contributed by atoms with Gasteiger partial charge in [0.1, 0.15) is 10.7 Å². The van der Waals surface area contributed by atoms with Gasteiger partial charge >= 0.3 is 0 Å². The molecule has 7 heteroatoms. The molecule has 0 bridgehead atoms. The van der Waals surface area contributed by atoms with Crippen LogP contribution in [0.5, 0.6) is 0 Å². The number of aryl methyl sites for hydroxylation is 3. The quantitative estimate of drug-likeness (QED) is 0.718. The standard InChI is InChI=1S/C16H23N3O3S/c1-9(5-4-8-20)17-13(21)7-6-12-18-15(22)14-10(2)11(3)23-16(14)19-12/h9,20H,4-8H2,1-3H3,(H,17,21)(H,18,19,22). The summed E-state index contributed by atoms with van der Waals surface area (Å²) in [6, 6.07) is 0.0340. The zero-order valence-electron chi connectivity index (χ0n) is 13.7. The van der Waals surface area contributed by atoms with Gasteiger partial charge < -0.3 is 15.4 Å². The van der Waals surface area contributed by atoms with E-state index in [2.05, 4.69) is 15.3 Å². The van der Waals surface area contributed by atoms with Gasteiger partial charge in [0.25, 0.3) is 5.56 Å². The van der Waals surface area contributed by atoms with Gasteiger partial charge in [-0.15, -0.1) is 11.3 Å². The molecular weight excluding hydrogens is 314 g/mol. The van der Waals surface area contributed by atoms with Gasteiger partial charge in [-0.05, 0) is 39.2 Å². The van der Waals surface area contributed by atoms with Gasteiger partial charge in [-0.25, -0.2) is 4.98 Å². The highest BCUT2D eigenvalue weighted by Crippen LogP contribution is 2.25. The fourth-order valence-corrected chi connectivity index (χ4v) is 3.52. The first-order chi connectivity index (χ1) is 10.9. The van der Waals surface area contributed by atoms with E-state index in [-0.39, 0.29) is 30.5 Å². The largest absolute Gasteiger partial charge is 0.396 e. The predicted octanol–water partition coefficient (Wildman–Crippen LogP) is 1.81. The first-order valence-corrected chi connectivity index (χ1v) is 8.63. The molecule has 0 aliphatic rings. The van der Waals surface area contributed by atoms with E-state index in [9.17, 15) is 9.59 Å². The van der Waals surface area contributed by atoms with Crippen molar-refractivity contribution in [3.63, 3.8) is 0 Å². The van der Waals surface area contributed by atoms with Gasteiger partial charge in [0.05, 0.1) is 5.39 Å². The molecule has 1 unspecified atom stereocenters. The minimum atomic E-state index is -0.136. The summed E-state index contributed by atoms with van der Waals surface area (Å²) < 4.78 is 0. The zero-order valence-corrected chi connectivity index (χ0v) is 14.5. The number of thiophene rings is 1. The smallest absolute Gasteiger partial charge is 0.259 e. The molecule has 2 heterocycles. The number of carbonyl (C=O) groups is 1. The fraction of sp³-hybridized carbons (Fsp3) is 0.562. The lowest BCUT2D eigenvalue weighted by atomic mass is 10.1. The monoisotopic (exact) mass is 337 g/mol. The molecule has 3 N–H and O–H groups in total. The molecule has 2 rings (SSSR count). The molecule has 1 atom stereocenters. The highest BCUT2D eigenvalue weighted by Gasteiger charge is 2.13. The maximum Gasteiger partial charge on any atom is 0.259 e. The van der Waals surface area contributed by atoms with Crippen LogP contribution in [0.1, 0.15) is 42.5 Å². The Balaban J connectivity index is 2.00. The van der Waals surface area contributed by atoms with Gasteiger partial charge in [-0.2, -0.15) is 0 Å². The third-order valence-electron chi connectivity index (χ3n) is 3.88. The average Bonchev–Trinajstić information content (AvgIpc) is 2.78. The van der Waals surface area contributed by atoms with Crippen LogP contribution in [-0.2, 0) is 11.2 Å². The molecule has 0 radical (unpaired) electrons. The number of nitrogens with zero attached hydrogens (tertiary/aromatic N) is 1. The summed E-state index contributed by atoms with van der Waals surface area (Å²) in [6.45, 7) is 5.94. The van der Waals surface area contributed by atoms with E-state index in [4.69, 9.17) is 5.11 Å². The summed E-state index contributed by atoms with van der Waals surface area (Å²) in [5.41, 5.74) is 0.837. The lowest BCUT2D eigenvalue weighted by Gasteiger charge is -2.12. The van der Waals surface area contributed by atoms with E-state index in [0.29, 0.717) is 24.1 Å². The number of fused-ring (bicyclic) bond motifs is 1. The van der Waals surface area contributed by atoms with E-state index < -0.39 is 0 Å². The van der Waals surface area contributed by atoms with Crippen molar-refractivity contribution in [2.24, 2.45) is 0 Å². The maximum atomic E-state index is 12.2. The molecular formula is C16H23N3O3S. The number of aliphatic hydroxyl groups excluding tert-OH is 1. The number of carbonyl (C=O) groups excluding carboxylic acids is 1. The number of amides is 1. The van der Waals surface area contributed by atoms with Gasteiger partial charge in [0, 0.05) is 30.4 Å². The van der Waals surface area contributed by atoms with E-state index in [1.165, 1.54) is 11.3 Å². The van der Waals surface area contributed by atoms with Crippen molar-refractivity contribution in [2.75, 3.05) is 6.61 Å². The first-order valence-electron chi connectivity index (χ1n) is 7.81. The SMILES string of the molecule is Cc1sc2nc(CCC(=O)NC(C)CCCO)[nH]c(=O)c2c1C. The third kappa shape index (κ3) is 4.39. The molecule has 0 fully saturated rings. The van der Waals surface area contributed by atoms with Crippen LogP contribution in [0.15, 0.2) is 4.79 Å². The average molecular weight is 337 g/mol. The lowest BCUT2D eigenvalue weighted by molar-refractivity contribution is -0.121. The van der Waals surface area contributed by atoms with Gasteiger partial charge in [0.15, 0.2) is 0 Å². The number of H-pyrrole nitrogens is 1. The number of nitrogens with one attached hydrogen (secondary N) is 2. The summed E-state index contributed by atoms with van der Waals surface area (Å²) in [6.07, 6.45) is 2.10. The van der Waals surface area contributed by atoms with E-state index in [0.717, 1.165) is 21.7 Å². The normalized spacial score (nSPS) is 12.5. The molecule has 2 aromatic rings. The maximum absolute atomic E-state index is 12.2. The molecule has 2 aromatic heterocycles. The predicted molar refractivity (Wildman–Crippen MR) is 92.0 cm³/mol. The topological polar surface area (TPSA) is 95.1 Å². The Morgan fingerprint density at radius 2 is 2.17 bits per heavy atom. The second kappa shape index (κ2) is 7.70. The Morgan fingerprint density at radius 3 is 2.87 bits per heavy atom. The lowest BCUT2D eigenvalue weighted by Crippen LogP contribution is -2.33. The minimum absolute atomic E-state index is 0.0340. The van der Waals surface area contributed by atoms with E-state index in [1.54, 1.807) is 0 Å². The van der Waals surface area contributed by atoms with Crippen LogP contribution >= 0.6 is 11.3 Å². The molecule has 23 heavy (non-hydrogen) atoms. The Bertz CT molecular complexity index is 751. The van der Waals surface area contributed by atoms with Crippen molar-refractivity contribution >= 4 is 27.5 Å². The van der Waals surface area contributed by atoms with Gasteiger partial charge in [-0.1, -0.05) is 0 Å². The van der Waals surface area contributed by atoms with Crippen molar-refractivity contribution in [1.82, 2.24) is 15.3 Å². The molecule has 126 valence electrons. The van der Waals surface area contributed by atoms with Crippen LogP contribution in [0, 0.1) is 13.8 Å². The molecule has 6 nitrogen and oxygen atoms in total. The summed E-state index contributed by atoms with van der Waals surface area (Å²) in [4.78, 5) is 33.1. The molecule has 1 amide bonds. The number of aliphatic hydroxyl groups is 1. The highest BCUT2D eigenvalue weighted by molar-refractivity contribution is 7.18. The minimum Gasteiger partial charge on any atom is -0.396 e. The Hall–Kier alpha value is -1.73. The number of hydrogen-bond acceptors (Lipinski definition) is 5. The van der Waals surface area contributed by atoms with Crippen molar-refractivity contribution in [3.8, 4) is 0 Å². The first kappa shape index (κ1) is 17.6. The second-order valence-corrected chi connectivity index (χ2v) is 7.01. The summed E-state index contributed by atoms with van der Waals surface area (Å²) in [7, 11) is 0. The Kier molecular flexibility index (Phi) is 5.90. The number of aromatic amines is 1. The van der Waals surface area contributed by atoms with E-state index >= 15 is 0 Å². The van der Waals surface area contributed by atoms with Crippen LogP contribution in [0.4, 0.5) is 0 Å². The van der Waals surface area contributed by atoms with Crippen molar-refractivity contribution < 1.29 is 9.90 Å². The molecule has 0 aromatic carbocycles. The number of aromatic nitrogens is 2. The third-order valence-corrected chi connectivity index (χ3v) is 4.98. The zero-order chi connectivity index (χ0) is 17.0. The summed E-state index contributed by atoms with van der Waals surface area (Å²) in [5.74, 6) is 0.471. The molecule has 0 aliphatic heterocycles. The van der Waals surface area contributed by atoms with Crippen LogP contribution < -0.4 is 10.9 Å². The fourth-order valence-electron chi connectivity index (χ4n) is 2.47. The van der Waals surface area contributed by atoms with Gasteiger partial charge in [-0.3, -0.25) is 9.59 Å². The summed E-state index contributed by atoms with van der Waals surface area (Å²) >= 11 is 1.51. The van der Waals surface area contributed by atoms with Crippen molar-refractivity contribution in [2.45, 2.75) is 52.5 Å². The number of hydrogen-bond donors (Lipinski definition) is 3. The van der Waals surface area contributed by atoms with E-state index in [1.807, 2.05) is 20.8 Å². The number of rotatable bonds is 7. The molecule has 0 saturated carbocycles.